The molecule has 2 amide bonds. The monoisotopic (exact) mass is 465 g/mol. The second-order valence-electron chi connectivity index (χ2n) is 6.90. The van der Waals surface area contributed by atoms with Crippen molar-refractivity contribution in [2.24, 2.45) is 5.10 Å². The standard InChI is InChI=1S/C25H24ClN3O4/c1-2-32-23-14-18(12-13-22(23)33-17-19-8-6-7-11-21(19)26)16-27-29-25(31)15-24(30)28-20-9-4-3-5-10-20/h3-14,16H,2,15,17H2,1H3,(H,28,30)(H,29,31). The highest BCUT2D eigenvalue weighted by Gasteiger charge is 2.10. The first-order chi connectivity index (χ1) is 16.0. The lowest BCUT2D eigenvalue weighted by Gasteiger charge is -2.13. The summed E-state index contributed by atoms with van der Waals surface area (Å²) in [5, 5.41) is 7.20. The number of nitrogens with one attached hydrogen (secondary N) is 2. The largest absolute Gasteiger partial charge is 0.490 e. The first kappa shape index (κ1) is 23.8. The predicted molar refractivity (Wildman–Crippen MR) is 129 cm³/mol. The van der Waals surface area contributed by atoms with Gasteiger partial charge in [-0.3, -0.25) is 9.59 Å². The van der Waals surface area contributed by atoms with E-state index >= 15 is 0 Å². The number of benzene rings is 3. The summed E-state index contributed by atoms with van der Waals surface area (Å²) < 4.78 is 11.6. The number of amides is 2. The number of hydrazone groups is 1. The Morgan fingerprint density at radius 1 is 0.939 bits per heavy atom. The van der Waals surface area contributed by atoms with E-state index in [0.717, 1.165) is 5.56 Å². The number of para-hydroxylation sites is 1. The Kier molecular flexibility index (Phi) is 8.85. The molecular weight excluding hydrogens is 442 g/mol. The van der Waals surface area contributed by atoms with Crippen LogP contribution in [0.3, 0.4) is 0 Å². The molecule has 0 radical (unpaired) electrons. The van der Waals surface area contributed by atoms with E-state index in [0.29, 0.717) is 41.0 Å². The topological polar surface area (TPSA) is 89.0 Å². The third kappa shape index (κ3) is 7.66. The molecule has 170 valence electrons. The summed E-state index contributed by atoms with van der Waals surface area (Å²) in [6, 6.07) is 21.7. The van der Waals surface area contributed by atoms with Crippen molar-refractivity contribution in [3.05, 3.63) is 88.9 Å². The molecule has 0 unspecified atom stereocenters. The van der Waals surface area contributed by atoms with Crippen LogP contribution in [0.1, 0.15) is 24.5 Å². The maximum Gasteiger partial charge on any atom is 0.249 e. The summed E-state index contributed by atoms with van der Waals surface area (Å²) in [6.07, 6.45) is 1.12. The Morgan fingerprint density at radius 2 is 1.70 bits per heavy atom. The average molecular weight is 466 g/mol. The second-order valence-corrected chi connectivity index (χ2v) is 7.31. The van der Waals surface area contributed by atoms with Gasteiger partial charge in [0.2, 0.25) is 11.8 Å². The molecule has 0 bridgehead atoms. The molecule has 33 heavy (non-hydrogen) atoms. The van der Waals surface area contributed by atoms with Gasteiger partial charge in [0.05, 0.1) is 12.8 Å². The molecule has 0 spiro atoms. The van der Waals surface area contributed by atoms with Crippen LogP contribution >= 0.6 is 11.6 Å². The Bertz CT molecular complexity index is 1120. The first-order valence-electron chi connectivity index (χ1n) is 10.3. The van der Waals surface area contributed by atoms with Crippen LogP contribution in [0.4, 0.5) is 5.69 Å². The van der Waals surface area contributed by atoms with E-state index in [-0.39, 0.29) is 6.42 Å². The van der Waals surface area contributed by atoms with Gasteiger partial charge in [0.1, 0.15) is 13.0 Å². The molecular formula is C25H24ClN3O4. The lowest BCUT2D eigenvalue weighted by Crippen LogP contribution is -2.24. The number of anilines is 1. The number of carbonyl (C=O) groups excluding carboxylic acids is 2. The van der Waals surface area contributed by atoms with Gasteiger partial charge in [-0.05, 0) is 48.9 Å². The summed E-state index contributed by atoms with van der Waals surface area (Å²) in [7, 11) is 0. The van der Waals surface area contributed by atoms with Crippen LogP contribution in [-0.4, -0.2) is 24.6 Å². The zero-order valence-electron chi connectivity index (χ0n) is 18.1. The maximum atomic E-state index is 12.0. The Morgan fingerprint density at radius 3 is 2.45 bits per heavy atom. The van der Waals surface area contributed by atoms with E-state index in [1.165, 1.54) is 6.21 Å². The third-order valence-corrected chi connectivity index (χ3v) is 4.76. The van der Waals surface area contributed by atoms with Crippen molar-refractivity contribution in [2.45, 2.75) is 20.0 Å². The van der Waals surface area contributed by atoms with Crippen molar-refractivity contribution < 1.29 is 19.1 Å². The molecule has 0 heterocycles. The van der Waals surface area contributed by atoms with Gasteiger partial charge in [-0.15, -0.1) is 0 Å². The fraction of sp³-hybridized carbons (Fsp3) is 0.160. The van der Waals surface area contributed by atoms with Gasteiger partial charge in [0, 0.05) is 16.3 Å². The number of ether oxygens (including phenoxy) is 2. The van der Waals surface area contributed by atoms with Gasteiger partial charge < -0.3 is 14.8 Å². The SMILES string of the molecule is CCOc1cc(C=NNC(=O)CC(=O)Nc2ccccc2)ccc1OCc1ccccc1Cl. The minimum Gasteiger partial charge on any atom is -0.490 e. The summed E-state index contributed by atoms with van der Waals surface area (Å²) in [4.78, 5) is 23.9. The Labute approximate surface area is 197 Å². The van der Waals surface area contributed by atoms with E-state index in [1.807, 2.05) is 37.3 Å². The molecule has 0 fully saturated rings. The minimum absolute atomic E-state index is 0.300. The molecule has 0 aliphatic rings. The van der Waals surface area contributed by atoms with Crippen molar-refractivity contribution in [1.29, 1.82) is 0 Å². The van der Waals surface area contributed by atoms with Crippen molar-refractivity contribution >= 4 is 35.3 Å². The summed E-state index contributed by atoms with van der Waals surface area (Å²) in [5.41, 5.74) is 4.53. The van der Waals surface area contributed by atoms with Crippen LogP contribution in [0.2, 0.25) is 5.02 Å². The van der Waals surface area contributed by atoms with E-state index in [2.05, 4.69) is 15.8 Å². The Hall–Kier alpha value is -3.84. The normalized spacial score (nSPS) is 10.6. The number of carbonyl (C=O) groups is 2. The van der Waals surface area contributed by atoms with E-state index in [1.54, 1.807) is 42.5 Å². The smallest absolute Gasteiger partial charge is 0.249 e. The van der Waals surface area contributed by atoms with E-state index in [9.17, 15) is 9.59 Å². The van der Waals surface area contributed by atoms with Crippen LogP contribution in [-0.2, 0) is 16.2 Å². The predicted octanol–water partition coefficient (Wildman–Crippen LogP) is 4.80. The highest BCUT2D eigenvalue weighted by atomic mass is 35.5. The fourth-order valence-corrected chi connectivity index (χ4v) is 3.04. The van der Waals surface area contributed by atoms with Gasteiger partial charge in [0.25, 0.3) is 0 Å². The number of halogens is 1. The Balaban J connectivity index is 1.55. The molecule has 3 aromatic rings. The zero-order chi connectivity index (χ0) is 23.5. The number of nitrogens with zero attached hydrogens (tertiary/aromatic N) is 1. The van der Waals surface area contributed by atoms with Gasteiger partial charge in [-0.2, -0.15) is 5.10 Å². The molecule has 0 atom stereocenters. The summed E-state index contributed by atoms with van der Waals surface area (Å²) >= 11 is 6.18. The van der Waals surface area contributed by atoms with Gasteiger partial charge in [0.15, 0.2) is 11.5 Å². The third-order valence-electron chi connectivity index (χ3n) is 4.39. The molecule has 7 nitrogen and oxygen atoms in total. The number of hydrogen-bond acceptors (Lipinski definition) is 5. The van der Waals surface area contributed by atoms with Crippen LogP contribution < -0.4 is 20.2 Å². The summed E-state index contributed by atoms with van der Waals surface area (Å²) in [5.74, 6) is 0.162. The molecule has 0 aliphatic carbocycles. The molecule has 0 saturated heterocycles. The highest BCUT2D eigenvalue weighted by molar-refractivity contribution is 6.31. The average Bonchev–Trinajstić information content (AvgIpc) is 2.80. The van der Waals surface area contributed by atoms with Gasteiger partial charge >= 0.3 is 0 Å². The number of hydrogen-bond donors (Lipinski definition) is 2. The lowest BCUT2D eigenvalue weighted by atomic mass is 10.2. The van der Waals surface area contributed by atoms with Gasteiger partial charge in [-0.1, -0.05) is 48.0 Å². The fourth-order valence-electron chi connectivity index (χ4n) is 2.85. The summed E-state index contributed by atoms with van der Waals surface area (Å²) in [6.45, 7) is 2.63. The molecule has 3 aromatic carbocycles. The van der Waals surface area contributed by atoms with Crippen molar-refractivity contribution in [3.63, 3.8) is 0 Å². The molecule has 0 aromatic heterocycles. The lowest BCUT2D eigenvalue weighted by molar-refractivity contribution is -0.126. The molecule has 2 N–H and O–H groups in total. The van der Waals surface area contributed by atoms with Crippen molar-refractivity contribution in [2.75, 3.05) is 11.9 Å². The number of rotatable bonds is 10. The van der Waals surface area contributed by atoms with Crippen LogP contribution in [0.25, 0.3) is 0 Å². The maximum absolute atomic E-state index is 12.0. The van der Waals surface area contributed by atoms with Crippen LogP contribution in [0.5, 0.6) is 11.5 Å². The molecule has 8 heteroatoms. The van der Waals surface area contributed by atoms with E-state index < -0.39 is 11.8 Å². The van der Waals surface area contributed by atoms with E-state index in [4.69, 9.17) is 21.1 Å². The van der Waals surface area contributed by atoms with Crippen LogP contribution in [0.15, 0.2) is 77.9 Å². The van der Waals surface area contributed by atoms with Crippen molar-refractivity contribution in [1.82, 2.24) is 5.43 Å². The van der Waals surface area contributed by atoms with Crippen molar-refractivity contribution in [3.8, 4) is 11.5 Å². The molecule has 0 aliphatic heterocycles. The van der Waals surface area contributed by atoms with Gasteiger partial charge in [-0.25, -0.2) is 5.43 Å². The molecule has 0 saturated carbocycles. The highest BCUT2D eigenvalue weighted by Crippen LogP contribution is 2.29. The first-order valence-corrected chi connectivity index (χ1v) is 10.7. The zero-order valence-corrected chi connectivity index (χ0v) is 18.8. The van der Waals surface area contributed by atoms with Crippen LogP contribution in [0, 0.1) is 0 Å². The second kappa shape index (κ2) is 12.3. The quantitative estimate of drug-likeness (QED) is 0.256. The minimum atomic E-state index is -0.524. The molecule has 3 rings (SSSR count).